The highest BCUT2D eigenvalue weighted by atomic mass is 32.2. The van der Waals surface area contributed by atoms with E-state index >= 15 is 0 Å². The quantitative estimate of drug-likeness (QED) is 0.726. The van der Waals surface area contributed by atoms with Gasteiger partial charge in [0, 0.05) is 5.69 Å². The van der Waals surface area contributed by atoms with Crippen LogP contribution in [0, 0.1) is 0 Å². The van der Waals surface area contributed by atoms with E-state index in [1.165, 1.54) is 17.7 Å². The summed E-state index contributed by atoms with van der Waals surface area (Å²) in [6.07, 6.45) is 0.812. The van der Waals surface area contributed by atoms with Crippen LogP contribution in [0.1, 0.15) is 11.1 Å². The minimum Gasteiger partial charge on any atom is -0.497 e. The molecule has 0 radical (unpaired) electrons. The van der Waals surface area contributed by atoms with E-state index in [4.69, 9.17) is 4.74 Å². The normalized spacial score (nSPS) is 11.1. The van der Waals surface area contributed by atoms with Crippen LogP contribution in [0.5, 0.6) is 5.75 Å². The number of hydrogen-bond acceptors (Lipinski definition) is 3. The summed E-state index contributed by atoms with van der Waals surface area (Å²) in [6.45, 7) is 0. The Morgan fingerprint density at radius 2 is 1.40 bits per heavy atom. The fraction of sp³-hybridized carbons (Fsp3) is 0.100. The summed E-state index contributed by atoms with van der Waals surface area (Å²) in [5.74, 6) is 0.615. The van der Waals surface area contributed by atoms with E-state index in [1.807, 2.05) is 30.3 Å². The van der Waals surface area contributed by atoms with Crippen LogP contribution in [0.25, 0.3) is 0 Å². The molecule has 0 spiro atoms. The van der Waals surface area contributed by atoms with Gasteiger partial charge in [-0.2, -0.15) is 0 Å². The molecule has 0 saturated heterocycles. The Bertz CT molecular complexity index is 919. The topological polar surface area (TPSA) is 55.4 Å². The number of sulfonamides is 1. The number of benzene rings is 3. The second kappa shape index (κ2) is 7.40. The van der Waals surface area contributed by atoms with Crippen molar-refractivity contribution >= 4 is 15.7 Å². The summed E-state index contributed by atoms with van der Waals surface area (Å²) < 4.78 is 32.5. The lowest BCUT2D eigenvalue weighted by Gasteiger charge is -2.09. The van der Waals surface area contributed by atoms with E-state index in [0.717, 1.165) is 12.0 Å². The molecule has 0 amide bonds. The molecular weight excluding hydrogens is 334 g/mol. The molecule has 128 valence electrons. The van der Waals surface area contributed by atoms with Crippen molar-refractivity contribution in [2.45, 2.75) is 11.3 Å². The summed E-state index contributed by atoms with van der Waals surface area (Å²) >= 11 is 0. The number of methoxy groups -OCH3 is 1. The summed E-state index contributed by atoms with van der Waals surface area (Å²) in [7, 11) is -2.08. The third-order valence-electron chi connectivity index (χ3n) is 3.83. The van der Waals surface area contributed by atoms with Gasteiger partial charge in [0.1, 0.15) is 5.75 Å². The van der Waals surface area contributed by atoms with E-state index < -0.39 is 10.0 Å². The lowest BCUT2D eigenvalue weighted by molar-refractivity contribution is 0.414. The largest absolute Gasteiger partial charge is 0.497 e. The van der Waals surface area contributed by atoms with Gasteiger partial charge in [-0.3, -0.25) is 4.72 Å². The van der Waals surface area contributed by atoms with Gasteiger partial charge in [0.05, 0.1) is 12.0 Å². The number of rotatable bonds is 6. The molecular formula is C20H19NO3S. The molecule has 0 aromatic heterocycles. The van der Waals surface area contributed by atoms with E-state index in [0.29, 0.717) is 11.4 Å². The first kappa shape index (κ1) is 17.0. The van der Waals surface area contributed by atoms with Crippen molar-refractivity contribution in [1.29, 1.82) is 0 Å². The van der Waals surface area contributed by atoms with Gasteiger partial charge in [-0.25, -0.2) is 8.42 Å². The van der Waals surface area contributed by atoms with Crippen molar-refractivity contribution in [3.05, 3.63) is 90.0 Å². The average Bonchev–Trinajstić information content (AvgIpc) is 2.64. The molecule has 0 unspecified atom stereocenters. The van der Waals surface area contributed by atoms with Crippen molar-refractivity contribution in [1.82, 2.24) is 0 Å². The van der Waals surface area contributed by atoms with E-state index in [-0.39, 0.29) is 4.90 Å². The van der Waals surface area contributed by atoms with Crippen molar-refractivity contribution in [3.63, 3.8) is 0 Å². The van der Waals surface area contributed by atoms with Crippen LogP contribution in [0.15, 0.2) is 83.8 Å². The van der Waals surface area contributed by atoms with Crippen LogP contribution in [0.2, 0.25) is 0 Å². The third-order valence-corrected chi connectivity index (χ3v) is 5.22. The van der Waals surface area contributed by atoms with Gasteiger partial charge in [0.25, 0.3) is 10.0 Å². The van der Waals surface area contributed by atoms with Crippen LogP contribution in [-0.2, 0) is 16.4 Å². The lowest BCUT2D eigenvalue weighted by atomic mass is 10.1. The van der Waals surface area contributed by atoms with Crippen molar-refractivity contribution in [2.75, 3.05) is 11.8 Å². The van der Waals surface area contributed by atoms with Gasteiger partial charge >= 0.3 is 0 Å². The van der Waals surface area contributed by atoms with E-state index in [2.05, 4.69) is 16.9 Å². The minimum absolute atomic E-state index is 0.196. The van der Waals surface area contributed by atoms with Crippen molar-refractivity contribution in [2.24, 2.45) is 0 Å². The second-order valence-corrected chi connectivity index (χ2v) is 7.32. The van der Waals surface area contributed by atoms with Gasteiger partial charge in [0.2, 0.25) is 0 Å². The van der Waals surface area contributed by atoms with Crippen molar-refractivity contribution < 1.29 is 13.2 Å². The van der Waals surface area contributed by atoms with Crippen LogP contribution in [0.4, 0.5) is 5.69 Å². The molecule has 0 aliphatic rings. The van der Waals surface area contributed by atoms with Gasteiger partial charge in [-0.05, 0) is 53.9 Å². The molecule has 0 fully saturated rings. The molecule has 25 heavy (non-hydrogen) atoms. The summed E-state index contributed by atoms with van der Waals surface area (Å²) in [4.78, 5) is 0.196. The predicted octanol–water partition coefficient (Wildman–Crippen LogP) is 4.09. The van der Waals surface area contributed by atoms with Crippen LogP contribution >= 0.6 is 0 Å². The molecule has 0 saturated carbocycles. The Hall–Kier alpha value is -2.79. The average molecular weight is 353 g/mol. The maximum atomic E-state index is 12.4. The van der Waals surface area contributed by atoms with Gasteiger partial charge in [0.15, 0.2) is 0 Å². The molecule has 0 atom stereocenters. The maximum absolute atomic E-state index is 12.4. The first-order chi connectivity index (χ1) is 12.1. The van der Waals surface area contributed by atoms with Crippen molar-refractivity contribution in [3.8, 4) is 5.75 Å². The van der Waals surface area contributed by atoms with Crippen LogP contribution in [-0.4, -0.2) is 15.5 Å². The molecule has 4 nitrogen and oxygen atoms in total. The Morgan fingerprint density at radius 1 is 0.800 bits per heavy atom. The monoisotopic (exact) mass is 353 g/mol. The standard InChI is InChI=1S/C20H19NO3S/c1-24-19-11-13-20(14-12-19)25(22,23)21-18-9-7-17(8-10-18)15-16-5-3-2-4-6-16/h2-14,21H,15H2,1H3. The Morgan fingerprint density at radius 3 is 2.00 bits per heavy atom. The predicted molar refractivity (Wildman–Crippen MR) is 99.5 cm³/mol. The highest BCUT2D eigenvalue weighted by Gasteiger charge is 2.14. The van der Waals surface area contributed by atoms with Gasteiger partial charge < -0.3 is 4.74 Å². The zero-order valence-corrected chi connectivity index (χ0v) is 14.7. The summed E-state index contributed by atoms with van der Waals surface area (Å²) in [5, 5.41) is 0. The highest BCUT2D eigenvalue weighted by molar-refractivity contribution is 7.92. The molecule has 3 aromatic rings. The SMILES string of the molecule is COc1ccc(S(=O)(=O)Nc2ccc(Cc3ccccc3)cc2)cc1. The van der Waals surface area contributed by atoms with Gasteiger partial charge in [-0.1, -0.05) is 42.5 Å². The summed E-state index contributed by atoms with van der Waals surface area (Å²) in [5.41, 5.74) is 2.88. The second-order valence-electron chi connectivity index (χ2n) is 5.64. The first-order valence-corrected chi connectivity index (χ1v) is 9.35. The number of hydrogen-bond donors (Lipinski definition) is 1. The first-order valence-electron chi connectivity index (χ1n) is 7.86. The molecule has 0 bridgehead atoms. The number of anilines is 1. The number of ether oxygens (including phenoxy) is 1. The Balaban J connectivity index is 1.71. The maximum Gasteiger partial charge on any atom is 0.261 e. The van der Waals surface area contributed by atoms with Gasteiger partial charge in [-0.15, -0.1) is 0 Å². The lowest BCUT2D eigenvalue weighted by Crippen LogP contribution is -2.12. The fourth-order valence-corrected chi connectivity index (χ4v) is 3.55. The van der Waals surface area contributed by atoms with Crippen LogP contribution in [0.3, 0.4) is 0 Å². The smallest absolute Gasteiger partial charge is 0.261 e. The Labute approximate surface area is 148 Å². The molecule has 5 heteroatoms. The highest BCUT2D eigenvalue weighted by Crippen LogP contribution is 2.20. The zero-order chi connectivity index (χ0) is 17.7. The molecule has 0 aliphatic carbocycles. The third kappa shape index (κ3) is 4.39. The molecule has 0 heterocycles. The van der Waals surface area contributed by atoms with E-state index in [9.17, 15) is 8.42 Å². The molecule has 0 aliphatic heterocycles. The molecule has 3 rings (SSSR count). The minimum atomic E-state index is -3.62. The molecule has 3 aromatic carbocycles. The summed E-state index contributed by atoms with van der Waals surface area (Å²) in [6, 6.07) is 23.8. The zero-order valence-electron chi connectivity index (χ0n) is 13.8. The molecule has 1 N–H and O–H groups in total. The Kier molecular flexibility index (Phi) is 5.05. The van der Waals surface area contributed by atoms with Crippen LogP contribution < -0.4 is 9.46 Å². The van der Waals surface area contributed by atoms with E-state index in [1.54, 1.807) is 31.4 Å². The number of nitrogens with one attached hydrogen (secondary N) is 1. The fourth-order valence-electron chi connectivity index (χ4n) is 2.49.